The summed E-state index contributed by atoms with van der Waals surface area (Å²) in [5.74, 6) is 1.69. The Balaban J connectivity index is 1.96. The number of hydrogen-bond acceptors (Lipinski definition) is 2. The second-order valence-electron chi connectivity index (χ2n) is 6.74. The zero-order chi connectivity index (χ0) is 13.3. The fourth-order valence-electron chi connectivity index (χ4n) is 4.40. The van der Waals surface area contributed by atoms with Gasteiger partial charge in [-0.05, 0) is 55.5 Å². The highest BCUT2D eigenvalue weighted by Gasteiger charge is 2.46. The molecular weight excluding hydrogens is 250 g/mol. The highest BCUT2D eigenvalue weighted by atomic mass is 32.1. The Morgan fingerprint density at radius 2 is 2.11 bits per heavy atom. The minimum absolute atomic E-state index is 0.362. The summed E-state index contributed by atoms with van der Waals surface area (Å²) in [6.45, 7) is 7.55. The Morgan fingerprint density at radius 3 is 2.79 bits per heavy atom. The molecule has 0 aromatic carbocycles. The second kappa shape index (κ2) is 5.57. The van der Waals surface area contributed by atoms with Gasteiger partial charge in [0.25, 0.3) is 0 Å². The first kappa shape index (κ1) is 13.6. The molecule has 1 aliphatic carbocycles. The molecule has 3 unspecified atom stereocenters. The largest absolute Gasteiger partial charge is 0.292 e. The average molecular weight is 277 g/mol. The molecule has 2 fully saturated rings. The van der Waals surface area contributed by atoms with Crippen LogP contribution in [0.15, 0.2) is 17.5 Å². The Morgan fingerprint density at radius 1 is 1.21 bits per heavy atom. The molecular formula is C17H27NS. The standard InChI is InChI=1S/C17H27NS/c1-14-7-5-11-18(13-14)17(16-9-6-12-19-16)10-4-3-8-15(17)2/h6,9,12,14-15H,3-5,7-8,10-11,13H2,1-2H3. The van der Waals surface area contributed by atoms with Crippen LogP contribution in [0, 0.1) is 11.8 Å². The van der Waals surface area contributed by atoms with Gasteiger partial charge in [0, 0.05) is 11.4 Å². The van der Waals surface area contributed by atoms with Gasteiger partial charge in [-0.3, -0.25) is 4.90 Å². The average Bonchev–Trinajstić information content (AvgIpc) is 2.94. The van der Waals surface area contributed by atoms with Gasteiger partial charge in [-0.2, -0.15) is 0 Å². The zero-order valence-electron chi connectivity index (χ0n) is 12.4. The SMILES string of the molecule is CC1CCCN(C2(c3cccs3)CCCCC2C)C1. The van der Waals surface area contributed by atoms with E-state index in [1.807, 2.05) is 11.3 Å². The molecule has 0 N–H and O–H groups in total. The lowest BCUT2D eigenvalue weighted by Gasteiger charge is -2.52. The first-order valence-electron chi connectivity index (χ1n) is 8.02. The molecule has 2 heterocycles. The van der Waals surface area contributed by atoms with Crippen molar-refractivity contribution in [2.45, 2.75) is 57.9 Å². The number of piperidine rings is 1. The third kappa shape index (κ3) is 2.38. The van der Waals surface area contributed by atoms with E-state index in [1.165, 1.54) is 51.6 Å². The highest BCUT2D eigenvalue weighted by molar-refractivity contribution is 7.10. The second-order valence-corrected chi connectivity index (χ2v) is 7.69. The van der Waals surface area contributed by atoms with Crippen molar-refractivity contribution >= 4 is 11.3 Å². The van der Waals surface area contributed by atoms with Crippen molar-refractivity contribution in [1.29, 1.82) is 0 Å². The van der Waals surface area contributed by atoms with E-state index in [9.17, 15) is 0 Å². The molecule has 1 nitrogen and oxygen atoms in total. The van der Waals surface area contributed by atoms with Gasteiger partial charge in [0.1, 0.15) is 0 Å². The molecule has 1 aromatic heterocycles. The van der Waals surface area contributed by atoms with E-state index < -0.39 is 0 Å². The quantitative estimate of drug-likeness (QED) is 0.744. The van der Waals surface area contributed by atoms with E-state index >= 15 is 0 Å². The van der Waals surface area contributed by atoms with Crippen molar-refractivity contribution in [2.75, 3.05) is 13.1 Å². The van der Waals surface area contributed by atoms with E-state index in [0.29, 0.717) is 5.54 Å². The Kier molecular flexibility index (Phi) is 4.00. The zero-order valence-corrected chi connectivity index (χ0v) is 13.2. The molecule has 2 aliphatic rings. The third-order valence-electron chi connectivity index (χ3n) is 5.43. The van der Waals surface area contributed by atoms with Crippen molar-refractivity contribution in [3.63, 3.8) is 0 Å². The van der Waals surface area contributed by atoms with Crippen LogP contribution in [0.3, 0.4) is 0 Å². The third-order valence-corrected chi connectivity index (χ3v) is 6.47. The minimum atomic E-state index is 0.362. The molecule has 3 atom stereocenters. The van der Waals surface area contributed by atoms with E-state index in [2.05, 4.69) is 36.3 Å². The maximum absolute atomic E-state index is 2.86. The molecule has 0 amide bonds. The molecule has 1 saturated carbocycles. The van der Waals surface area contributed by atoms with Crippen LogP contribution in [-0.2, 0) is 5.54 Å². The van der Waals surface area contributed by atoms with Crippen molar-refractivity contribution in [1.82, 2.24) is 4.90 Å². The van der Waals surface area contributed by atoms with Gasteiger partial charge in [0.15, 0.2) is 0 Å². The summed E-state index contributed by atoms with van der Waals surface area (Å²) in [5.41, 5.74) is 0.362. The van der Waals surface area contributed by atoms with Crippen LogP contribution in [0.2, 0.25) is 0 Å². The van der Waals surface area contributed by atoms with E-state index in [4.69, 9.17) is 0 Å². The van der Waals surface area contributed by atoms with Crippen LogP contribution < -0.4 is 0 Å². The van der Waals surface area contributed by atoms with Crippen molar-refractivity contribution in [3.05, 3.63) is 22.4 Å². The Hall–Kier alpha value is -0.340. The van der Waals surface area contributed by atoms with E-state index in [-0.39, 0.29) is 0 Å². The number of hydrogen-bond donors (Lipinski definition) is 0. The summed E-state index contributed by atoms with van der Waals surface area (Å²) in [5, 5.41) is 2.27. The summed E-state index contributed by atoms with van der Waals surface area (Å²) >= 11 is 1.99. The molecule has 0 radical (unpaired) electrons. The predicted octanol–water partition coefficient (Wildman–Crippen LogP) is 4.89. The fraction of sp³-hybridized carbons (Fsp3) is 0.765. The van der Waals surface area contributed by atoms with Crippen LogP contribution in [0.25, 0.3) is 0 Å². The molecule has 19 heavy (non-hydrogen) atoms. The molecule has 1 saturated heterocycles. The van der Waals surface area contributed by atoms with E-state index in [1.54, 1.807) is 4.88 Å². The van der Waals surface area contributed by atoms with Gasteiger partial charge >= 0.3 is 0 Å². The van der Waals surface area contributed by atoms with Crippen LogP contribution >= 0.6 is 11.3 Å². The highest BCUT2D eigenvalue weighted by Crippen LogP contribution is 2.48. The number of nitrogens with zero attached hydrogens (tertiary/aromatic N) is 1. The van der Waals surface area contributed by atoms with Crippen LogP contribution in [0.5, 0.6) is 0 Å². The van der Waals surface area contributed by atoms with E-state index in [0.717, 1.165) is 11.8 Å². The maximum Gasteiger partial charge on any atom is 0.0579 e. The Bertz CT molecular complexity index is 399. The van der Waals surface area contributed by atoms with Crippen LogP contribution in [0.1, 0.15) is 57.2 Å². The molecule has 1 aromatic rings. The summed E-state index contributed by atoms with van der Waals surface area (Å²) in [4.78, 5) is 4.49. The molecule has 3 rings (SSSR count). The van der Waals surface area contributed by atoms with Crippen LogP contribution in [-0.4, -0.2) is 18.0 Å². The van der Waals surface area contributed by atoms with Crippen molar-refractivity contribution in [2.24, 2.45) is 11.8 Å². The maximum atomic E-state index is 2.86. The van der Waals surface area contributed by atoms with Gasteiger partial charge in [-0.15, -0.1) is 11.3 Å². The Labute approximate surface area is 122 Å². The van der Waals surface area contributed by atoms with Crippen molar-refractivity contribution < 1.29 is 0 Å². The molecule has 106 valence electrons. The van der Waals surface area contributed by atoms with Gasteiger partial charge in [0.2, 0.25) is 0 Å². The normalized spacial score (nSPS) is 37.4. The van der Waals surface area contributed by atoms with Crippen LogP contribution in [0.4, 0.5) is 0 Å². The summed E-state index contributed by atoms with van der Waals surface area (Å²) in [7, 11) is 0. The lowest BCUT2D eigenvalue weighted by molar-refractivity contribution is -0.0209. The number of rotatable bonds is 2. The summed E-state index contributed by atoms with van der Waals surface area (Å²) in [6.07, 6.45) is 8.43. The molecule has 0 bridgehead atoms. The molecule has 0 spiro atoms. The molecule has 2 heteroatoms. The minimum Gasteiger partial charge on any atom is -0.292 e. The first-order chi connectivity index (χ1) is 9.23. The van der Waals surface area contributed by atoms with Gasteiger partial charge in [-0.1, -0.05) is 32.8 Å². The van der Waals surface area contributed by atoms with Gasteiger partial charge in [-0.25, -0.2) is 0 Å². The van der Waals surface area contributed by atoms with Crippen molar-refractivity contribution in [3.8, 4) is 0 Å². The summed E-state index contributed by atoms with van der Waals surface area (Å²) < 4.78 is 0. The summed E-state index contributed by atoms with van der Waals surface area (Å²) in [6, 6.07) is 4.64. The topological polar surface area (TPSA) is 3.24 Å². The molecule has 1 aliphatic heterocycles. The monoisotopic (exact) mass is 277 g/mol. The number of thiophene rings is 1. The lowest BCUT2D eigenvalue weighted by atomic mass is 9.70. The predicted molar refractivity (Wildman–Crippen MR) is 83.6 cm³/mol. The smallest absolute Gasteiger partial charge is 0.0579 e. The number of likely N-dealkylation sites (tertiary alicyclic amines) is 1. The van der Waals surface area contributed by atoms with Gasteiger partial charge in [0.05, 0.1) is 5.54 Å². The fourth-order valence-corrected chi connectivity index (χ4v) is 5.50. The first-order valence-corrected chi connectivity index (χ1v) is 8.90. The van der Waals surface area contributed by atoms with Gasteiger partial charge < -0.3 is 0 Å². The lowest BCUT2D eigenvalue weighted by Crippen LogP contribution is -2.54.